The molecular formula is C10H10N2O3. The molecule has 0 fully saturated rings. The number of nitrogens with zero attached hydrogens (tertiary/aromatic N) is 2. The summed E-state index contributed by atoms with van der Waals surface area (Å²) >= 11 is 0. The van der Waals surface area contributed by atoms with Crippen molar-refractivity contribution in [2.75, 3.05) is 7.11 Å². The van der Waals surface area contributed by atoms with Crippen molar-refractivity contribution in [1.82, 2.24) is 9.55 Å². The molecule has 2 aromatic rings. The van der Waals surface area contributed by atoms with Gasteiger partial charge in [-0.3, -0.25) is 0 Å². The van der Waals surface area contributed by atoms with E-state index in [9.17, 15) is 4.79 Å². The van der Waals surface area contributed by atoms with Crippen LogP contribution in [0.1, 0.15) is 10.5 Å². The third kappa shape index (κ3) is 1.41. The number of rotatable bonds is 2. The molecule has 0 saturated carbocycles. The van der Waals surface area contributed by atoms with Crippen molar-refractivity contribution in [1.29, 1.82) is 0 Å². The highest BCUT2D eigenvalue weighted by atomic mass is 16.5. The number of hydrogen-bond donors (Lipinski definition) is 1. The Hall–Kier alpha value is -2.04. The van der Waals surface area contributed by atoms with Crippen molar-refractivity contribution >= 4 is 17.0 Å². The Morgan fingerprint density at radius 2 is 2.27 bits per heavy atom. The lowest BCUT2D eigenvalue weighted by Gasteiger charge is -2.00. The normalized spacial score (nSPS) is 10.5. The Balaban J connectivity index is 2.70. The Bertz CT molecular complexity index is 531. The first-order valence-corrected chi connectivity index (χ1v) is 4.37. The molecule has 0 aliphatic rings. The van der Waals surface area contributed by atoms with E-state index in [-0.39, 0.29) is 5.69 Å². The Kier molecular flexibility index (Phi) is 2.07. The molecule has 0 saturated heterocycles. The molecule has 0 unspecified atom stereocenters. The summed E-state index contributed by atoms with van der Waals surface area (Å²) in [5.74, 6) is -0.487. The average Bonchev–Trinajstić information content (AvgIpc) is 2.55. The highest BCUT2D eigenvalue weighted by molar-refractivity contribution is 5.93. The summed E-state index contributed by atoms with van der Waals surface area (Å²) in [7, 11) is 3.22. The second-order valence-corrected chi connectivity index (χ2v) is 3.15. The van der Waals surface area contributed by atoms with Gasteiger partial charge in [-0.2, -0.15) is 0 Å². The molecule has 0 spiro atoms. The zero-order valence-electron chi connectivity index (χ0n) is 8.39. The maximum absolute atomic E-state index is 10.9. The van der Waals surface area contributed by atoms with Crippen LogP contribution in [-0.4, -0.2) is 27.7 Å². The van der Waals surface area contributed by atoms with Gasteiger partial charge in [0.15, 0.2) is 0 Å². The van der Waals surface area contributed by atoms with E-state index in [1.54, 1.807) is 23.7 Å². The highest BCUT2D eigenvalue weighted by Gasteiger charge is 2.12. The lowest BCUT2D eigenvalue weighted by molar-refractivity contribution is 0.0687. The molecular weight excluding hydrogens is 196 g/mol. The van der Waals surface area contributed by atoms with Gasteiger partial charge in [0, 0.05) is 13.1 Å². The van der Waals surface area contributed by atoms with Crippen molar-refractivity contribution < 1.29 is 14.6 Å². The van der Waals surface area contributed by atoms with E-state index in [0.29, 0.717) is 11.4 Å². The molecule has 2 aromatic heterocycles. The Morgan fingerprint density at radius 3 is 2.87 bits per heavy atom. The van der Waals surface area contributed by atoms with Crippen LogP contribution in [0.4, 0.5) is 0 Å². The van der Waals surface area contributed by atoms with Crippen molar-refractivity contribution in [3.05, 3.63) is 23.9 Å². The van der Waals surface area contributed by atoms with Crippen molar-refractivity contribution in [2.45, 2.75) is 0 Å². The topological polar surface area (TPSA) is 64.3 Å². The van der Waals surface area contributed by atoms with E-state index in [1.165, 1.54) is 13.2 Å². The number of hydrogen-bond acceptors (Lipinski definition) is 3. The number of fused-ring (bicyclic) bond motifs is 1. The summed E-state index contributed by atoms with van der Waals surface area (Å²) in [4.78, 5) is 15.0. The molecule has 0 aliphatic heterocycles. The monoisotopic (exact) mass is 206 g/mol. The third-order valence-corrected chi connectivity index (χ3v) is 2.30. The Morgan fingerprint density at radius 1 is 1.53 bits per heavy atom. The molecule has 15 heavy (non-hydrogen) atoms. The quantitative estimate of drug-likeness (QED) is 0.803. The van der Waals surface area contributed by atoms with Crippen LogP contribution in [0.5, 0.6) is 5.88 Å². The van der Waals surface area contributed by atoms with E-state index in [0.717, 1.165) is 5.52 Å². The minimum absolute atomic E-state index is 0.214. The number of carboxylic acids is 1. The molecule has 0 bridgehead atoms. The van der Waals surface area contributed by atoms with Crippen LogP contribution in [0.25, 0.3) is 11.0 Å². The second-order valence-electron chi connectivity index (χ2n) is 3.15. The van der Waals surface area contributed by atoms with Crippen LogP contribution >= 0.6 is 0 Å². The van der Waals surface area contributed by atoms with Gasteiger partial charge in [0.25, 0.3) is 0 Å². The molecule has 78 valence electrons. The summed E-state index contributed by atoms with van der Waals surface area (Å²) in [5.41, 5.74) is 1.60. The standard InChI is InChI=1S/C10H10N2O3/c1-12-7-3-4-9(15-2)11-6(7)5-8(12)10(13)14/h3-5H,1-2H3,(H,13,14). The number of aromatic carboxylic acids is 1. The highest BCUT2D eigenvalue weighted by Crippen LogP contribution is 2.19. The van der Waals surface area contributed by atoms with E-state index >= 15 is 0 Å². The second kappa shape index (κ2) is 3.27. The molecule has 0 aliphatic carbocycles. The molecule has 0 radical (unpaired) electrons. The van der Waals surface area contributed by atoms with Gasteiger partial charge in [0.05, 0.1) is 18.1 Å². The molecule has 1 N–H and O–H groups in total. The van der Waals surface area contributed by atoms with Crippen LogP contribution in [0.3, 0.4) is 0 Å². The zero-order chi connectivity index (χ0) is 11.0. The van der Waals surface area contributed by atoms with Gasteiger partial charge in [-0.1, -0.05) is 0 Å². The summed E-state index contributed by atoms with van der Waals surface area (Å²) in [5, 5.41) is 8.91. The van der Waals surface area contributed by atoms with Crippen LogP contribution in [0, 0.1) is 0 Å². The number of ether oxygens (including phenoxy) is 1. The maximum Gasteiger partial charge on any atom is 0.352 e. The van der Waals surface area contributed by atoms with Crippen molar-refractivity contribution in [3.8, 4) is 5.88 Å². The van der Waals surface area contributed by atoms with Gasteiger partial charge < -0.3 is 14.4 Å². The molecule has 2 rings (SSSR count). The minimum atomic E-state index is -0.963. The fraction of sp³-hybridized carbons (Fsp3) is 0.200. The summed E-state index contributed by atoms with van der Waals surface area (Å²) in [6.07, 6.45) is 0. The Labute approximate surface area is 85.9 Å². The summed E-state index contributed by atoms with van der Waals surface area (Å²) < 4.78 is 6.55. The number of aryl methyl sites for hydroxylation is 1. The molecule has 5 heteroatoms. The summed E-state index contributed by atoms with van der Waals surface area (Å²) in [6, 6.07) is 5.02. The first-order valence-electron chi connectivity index (χ1n) is 4.37. The predicted molar refractivity (Wildman–Crippen MR) is 54.2 cm³/mol. The number of methoxy groups -OCH3 is 1. The average molecular weight is 206 g/mol. The first-order chi connectivity index (χ1) is 7.13. The third-order valence-electron chi connectivity index (χ3n) is 2.30. The summed E-state index contributed by atoms with van der Waals surface area (Å²) in [6.45, 7) is 0. The van der Waals surface area contributed by atoms with Gasteiger partial charge in [-0.05, 0) is 12.1 Å². The van der Waals surface area contributed by atoms with Crippen LogP contribution in [-0.2, 0) is 7.05 Å². The largest absolute Gasteiger partial charge is 0.481 e. The van der Waals surface area contributed by atoms with Gasteiger partial charge in [-0.25, -0.2) is 9.78 Å². The number of carbonyl (C=O) groups is 1. The van der Waals surface area contributed by atoms with E-state index < -0.39 is 5.97 Å². The van der Waals surface area contributed by atoms with Crippen LogP contribution in [0.15, 0.2) is 18.2 Å². The lowest BCUT2D eigenvalue weighted by Crippen LogP contribution is -2.03. The molecule has 2 heterocycles. The van der Waals surface area contributed by atoms with E-state index in [1.807, 2.05) is 0 Å². The smallest absolute Gasteiger partial charge is 0.352 e. The number of aromatic nitrogens is 2. The van der Waals surface area contributed by atoms with Gasteiger partial charge >= 0.3 is 5.97 Å². The predicted octanol–water partition coefficient (Wildman–Crippen LogP) is 1.28. The molecule has 5 nitrogen and oxygen atoms in total. The van der Waals surface area contributed by atoms with Gasteiger partial charge in [0.1, 0.15) is 5.69 Å². The number of pyridine rings is 1. The molecule has 0 atom stereocenters. The van der Waals surface area contributed by atoms with E-state index in [4.69, 9.17) is 9.84 Å². The maximum atomic E-state index is 10.9. The SMILES string of the molecule is COc1ccc2c(cc(C(=O)O)n2C)n1. The van der Waals surface area contributed by atoms with Gasteiger partial charge in [0.2, 0.25) is 5.88 Å². The fourth-order valence-corrected chi connectivity index (χ4v) is 1.51. The first kappa shape index (κ1) is 9.51. The lowest BCUT2D eigenvalue weighted by atomic mass is 10.3. The van der Waals surface area contributed by atoms with Gasteiger partial charge in [-0.15, -0.1) is 0 Å². The van der Waals surface area contributed by atoms with Crippen LogP contribution in [0.2, 0.25) is 0 Å². The number of carboxylic acid groups (broad SMARTS) is 1. The van der Waals surface area contributed by atoms with Crippen molar-refractivity contribution in [3.63, 3.8) is 0 Å². The van der Waals surface area contributed by atoms with E-state index in [2.05, 4.69) is 4.98 Å². The van der Waals surface area contributed by atoms with Crippen molar-refractivity contribution in [2.24, 2.45) is 7.05 Å². The molecule has 0 aromatic carbocycles. The minimum Gasteiger partial charge on any atom is -0.481 e. The molecule has 0 amide bonds. The fourth-order valence-electron chi connectivity index (χ4n) is 1.51. The zero-order valence-corrected chi connectivity index (χ0v) is 8.39. The van der Waals surface area contributed by atoms with Crippen LogP contribution < -0.4 is 4.74 Å².